The maximum absolute atomic E-state index is 10.9. The highest BCUT2D eigenvalue weighted by Crippen LogP contribution is 2.14. The second-order valence-corrected chi connectivity index (χ2v) is 3.93. The molecule has 0 N–H and O–H groups in total. The molecule has 1 aromatic rings. The summed E-state index contributed by atoms with van der Waals surface area (Å²) >= 11 is 5.36. The molecule has 0 spiro atoms. The number of carbonyl (C=O) groups excluding carboxylic acids is 1. The second-order valence-electron chi connectivity index (χ2n) is 3.61. The lowest BCUT2D eigenvalue weighted by molar-refractivity contribution is -0.0982. The Hall–Kier alpha value is -1.32. The summed E-state index contributed by atoms with van der Waals surface area (Å²) < 4.78 is 0. The predicted octanol–water partition coefficient (Wildman–Crippen LogP) is 2.76. The van der Waals surface area contributed by atoms with Crippen LogP contribution in [0.25, 0.3) is 0 Å². The lowest BCUT2D eigenvalue weighted by Crippen LogP contribution is -2.32. The summed E-state index contributed by atoms with van der Waals surface area (Å²) in [6, 6.07) is 10.1. The minimum Gasteiger partial charge on any atom is -0.265 e. The number of amides is 1. The summed E-state index contributed by atoms with van der Waals surface area (Å²) in [5, 5.41) is 0.610. The van der Waals surface area contributed by atoms with Gasteiger partial charge in [-0.3, -0.25) is 9.63 Å². The van der Waals surface area contributed by atoms with E-state index >= 15 is 0 Å². The molecule has 0 aromatic heterocycles. The molecule has 1 aliphatic heterocycles. The van der Waals surface area contributed by atoms with E-state index < -0.39 is 5.37 Å². The van der Waals surface area contributed by atoms with Crippen LogP contribution in [0, 0.1) is 0 Å². The maximum atomic E-state index is 10.9. The third kappa shape index (κ3) is 2.84. The fourth-order valence-corrected chi connectivity index (χ4v) is 1.75. The number of carbonyl (C=O) groups is 1. The molecule has 0 saturated carbocycles. The van der Waals surface area contributed by atoms with Gasteiger partial charge in [0.2, 0.25) is 0 Å². The Labute approximate surface area is 99.2 Å². The molecule has 1 aromatic carbocycles. The van der Waals surface area contributed by atoms with Gasteiger partial charge in [0.1, 0.15) is 0 Å². The molecule has 0 bridgehead atoms. The lowest BCUT2D eigenvalue weighted by Gasteiger charge is -2.24. The second kappa shape index (κ2) is 5.14. The van der Waals surface area contributed by atoms with Gasteiger partial charge >= 0.3 is 5.37 Å². The number of hydrogen-bond donors (Lipinski definition) is 0. The molecule has 1 amide bonds. The number of benzene rings is 1. The van der Waals surface area contributed by atoms with E-state index in [1.165, 1.54) is 10.6 Å². The number of hydroxylamine groups is 2. The minimum absolute atomic E-state index is 0.403. The van der Waals surface area contributed by atoms with Gasteiger partial charge in [-0.2, -0.15) is 0 Å². The summed E-state index contributed by atoms with van der Waals surface area (Å²) in [5.74, 6) is 0. The molecule has 0 atom stereocenters. The van der Waals surface area contributed by atoms with Gasteiger partial charge in [-0.15, -0.1) is 0 Å². The van der Waals surface area contributed by atoms with E-state index in [1.807, 2.05) is 24.3 Å². The smallest absolute Gasteiger partial charge is 0.265 e. The summed E-state index contributed by atoms with van der Waals surface area (Å²) in [4.78, 5) is 16.0. The molecule has 4 heteroatoms. The summed E-state index contributed by atoms with van der Waals surface area (Å²) in [6.07, 6.45) is 2.81. The van der Waals surface area contributed by atoms with Crippen molar-refractivity contribution < 1.29 is 9.63 Å². The van der Waals surface area contributed by atoms with E-state index in [0.717, 1.165) is 12.0 Å². The van der Waals surface area contributed by atoms with Crippen molar-refractivity contribution in [2.24, 2.45) is 0 Å². The molecule has 0 unspecified atom stereocenters. The molecule has 0 saturated heterocycles. The van der Waals surface area contributed by atoms with Gasteiger partial charge in [0.25, 0.3) is 0 Å². The molecule has 0 fully saturated rings. The van der Waals surface area contributed by atoms with Crippen LogP contribution in [0.15, 0.2) is 42.0 Å². The normalized spacial score (nSPS) is 15.8. The topological polar surface area (TPSA) is 29.5 Å². The van der Waals surface area contributed by atoms with Crippen molar-refractivity contribution in [3.63, 3.8) is 0 Å². The van der Waals surface area contributed by atoms with Crippen LogP contribution in [0.2, 0.25) is 0 Å². The zero-order valence-electron chi connectivity index (χ0n) is 8.73. The van der Waals surface area contributed by atoms with Gasteiger partial charge in [-0.1, -0.05) is 36.4 Å². The fraction of sp³-hybridized carbons (Fsp3) is 0.250. The van der Waals surface area contributed by atoms with E-state index in [1.54, 1.807) is 0 Å². The van der Waals surface area contributed by atoms with E-state index in [0.29, 0.717) is 13.2 Å². The number of nitrogens with zero attached hydrogens (tertiary/aromatic N) is 1. The summed E-state index contributed by atoms with van der Waals surface area (Å²) in [6.45, 7) is 0.845. The monoisotopic (exact) mass is 237 g/mol. The van der Waals surface area contributed by atoms with Gasteiger partial charge in [0.05, 0.1) is 13.2 Å². The highest BCUT2D eigenvalue weighted by atomic mass is 35.5. The van der Waals surface area contributed by atoms with Crippen molar-refractivity contribution in [3.8, 4) is 0 Å². The Bertz CT molecular complexity index is 403. The maximum Gasteiger partial charge on any atom is 0.340 e. The molecule has 1 heterocycles. The third-order valence-electron chi connectivity index (χ3n) is 2.42. The SMILES string of the molecule is O=C(Cl)N1CC(Cc2ccccc2)=CCO1. The lowest BCUT2D eigenvalue weighted by atomic mass is 10.0. The van der Waals surface area contributed by atoms with Gasteiger partial charge in [0.15, 0.2) is 0 Å². The van der Waals surface area contributed by atoms with Crippen molar-refractivity contribution >= 4 is 17.0 Å². The number of rotatable bonds is 2. The average molecular weight is 238 g/mol. The van der Waals surface area contributed by atoms with Crippen molar-refractivity contribution in [1.29, 1.82) is 0 Å². The van der Waals surface area contributed by atoms with Crippen LogP contribution in [0.5, 0.6) is 0 Å². The highest BCUT2D eigenvalue weighted by molar-refractivity contribution is 6.62. The average Bonchev–Trinajstić information content (AvgIpc) is 2.30. The molecule has 0 aliphatic carbocycles. The van der Waals surface area contributed by atoms with Crippen LogP contribution in [0.4, 0.5) is 4.79 Å². The first-order valence-corrected chi connectivity index (χ1v) is 5.45. The Morgan fingerprint density at radius 1 is 1.38 bits per heavy atom. The summed E-state index contributed by atoms with van der Waals surface area (Å²) in [7, 11) is 0. The van der Waals surface area contributed by atoms with E-state index in [9.17, 15) is 4.79 Å². The standard InChI is InChI=1S/C12H12ClNO2/c13-12(15)14-9-11(6-7-16-14)8-10-4-2-1-3-5-10/h1-6H,7-9H2. The molecule has 2 rings (SSSR count). The van der Waals surface area contributed by atoms with Crippen molar-refractivity contribution in [3.05, 3.63) is 47.5 Å². The Kier molecular flexibility index (Phi) is 3.59. The molecule has 16 heavy (non-hydrogen) atoms. The van der Waals surface area contributed by atoms with Crippen LogP contribution >= 0.6 is 11.6 Å². The first-order valence-electron chi connectivity index (χ1n) is 5.07. The highest BCUT2D eigenvalue weighted by Gasteiger charge is 2.17. The number of halogens is 1. The Morgan fingerprint density at radius 2 is 2.12 bits per heavy atom. The molecule has 1 aliphatic rings. The number of hydrogen-bond acceptors (Lipinski definition) is 2. The van der Waals surface area contributed by atoms with Crippen LogP contribution in [0.3, 0.4) is 0 Å². The first kappa shape index (κ1) is 11.2. The van der Waals surface area contributed by atoms with Crippen LogP contribution in [-0.2, 0) is 11.3 Å². The Morgan fingerprint density at radius 3 is 2.81 bits per heavy atom. The molecule has 84 valence electrons. The molecule has 0 radical (unpaired) electrons. The van der Waals surface area contributed by atoms with Gasteiger partial charge in [-0.25, -0.2) is 5.06 Å². The van der Waals surface area contributed by atoms with Crippen molar-refractivity contribution in [1.82, 2.24) is 5.06 Å². The van der Waals surface area contributed by atoms with E-state index in [-0.39, 0.29) is 0 Å². The van der Waals surface area contributed by atoms with Crippen molar-refractivity contribution in [2.45, 2.75) is 6.42 Å². The third-order valence-corrected chi connectivity index (χ3v) is 2.61. The van der Waals surface area contributed by atoms with Gasteiger partial charge in [-0.05, 0) is 29.2 Å². The van der Waals surface area contributed by atoms with Crippen LogP contribution in [-0.4, -0.2) is 23.6 Å². The zero-order chi connectivity index (χ0) is 11.4. The quantitative estimate of drug-likeness (QED) is 0.450. The van der Waals surface area contributed by atoms with E-state index in [4.69, 9.17) is 16.4 Å². The predicted molar refractivity (Wildman–Crippen MR) is 62.1 cm³/mol. The Balaban J connectivity index is 2.01. The summed E-state index contributed by atoms with van der Waals surface area (Å²) in [5.41, 5.74) is 2.36. The molecule has 3 nitrogen and oxygen atoms in total. The molecular weight excluding hydrogens is 226 g/mol. The fourth-order valence-electron chi connectivity index (χ4n) is 1.64. The van der Waals surface area contributed by atoms with Crippen molar-refractivity contribution in [2.75, 3.05) is 13.2 Å². The van der Waals surface area contributed by atoms with Gasteiger partial charge < -0.3 is 0 Å². The largest absolute Gasteiger partial charge is 0.340 e. The van der Waals surface area contributed by atoms with Crippen LogP contribution < -0.4 is 0 Å². The van der Waals surface area contributed by atoms with E-state index in [2.05, 4.69) is 12.1 Å². The minimum atomic E-state index is -0.571. The molecular formula is C12H12ClNO2. The van der Waals surface area contributed by atoms with Crippen LogP contribution in [0.1, 0.15) is 5.56 Å². The first-order chi connectivity index (χ1) is 7.75. The zero-order valence-corrected chi connectivity index (χ0v) is 9.48. The van der Waals surface area contributed by atoms with Gasteiger partial charge in [0, 0.05) is 0 Å².